The maximum Gasteiger partial charge on any atom is 0.321 e. The molecule has 1 aliphatic heterocycles. The Kier molecular flexibility index (Phi) is 4.98. The fourth-order valence-corrected chi connectivity index (χ4v) is 4.18. The summed E-state index contributed by atoms with van der Waals surface area (Å²) in [4.78, 5) is 30.1. The van der Waals surface area contributed by atoms with Crippen LogP contribution in [-0.4, -0.2) is 36.6 Å². The molecule has 2 aliphatic rings. The third-order valence-corrected chi connectivity index (χ3v) is 5.76. The number of urea groups is 1. The summed E-state index contributed by atoms with van der Waals surface area (Å²) in [7, 11) is 1.73. The molecule has 4 rings (SSSR count). The molecule has 1 aromatic carbocycles. The van der Waals surface area contributed by atoms with Crippen LogP contribution in [0.25, 0.3) is 11.3 Å². The number of rotatable bonds is 3. The van der Waals surface area contributed by atoms with E-state index in [0.717, 1.165) is 29.8 Å². The van der Waals surface area contributed by atoms with Crippen molar-refractivity contribution in [2.75, 3.05) is 23.9 Å². The zero-order valence-corrected chi connectivity index (χ0v) is 16.0. The first-order chi connectivity index (χ1) is 13.1. The fraction of sp³-hybridized carbons (Fsp3) is 0.421. The highest BCUT2D eigenvalue weighted by Gasteiger charge is 2.23. The Balaban J connectivity index is 1.45. The Bertz CT molecular complexity index is 860. The van der Waals surface area contributed by atoms with E-state index in [1.54, 1.807) is 11.9 Å². The van der Waals surface area contributed by atoms with Crippen LogP contribution >= 0.6 is 11.3 Å². The van der Waals surface area contributed by atoms with Crippen LogP contribution < -0.4 is 20.3 Å². The molecular formula is C19H22N4O3S. The van der Waals surface area contributed by atoms with Crippen molar-refractivity contribution in [2.24, 2.45) is 0 Å². The predicted molar refractivity (Wildman–Crippen MR) is 105 cm³/mol. The minimum absolute atomic E-state index is 0.0592. The van der Waals surface area contributed by atoms with Gasteiger partial charge in [-0.3, -0.25) is 10.1 Å². The molecule has 8 heteroatoms. The van der Waals surface area contributed by atoms with Gasteiger partial charge in [0.25, 0.3) is 5.91 Å². The summed E-state index contributed by atoms with van der Waals surface area (Å²) in [6, 6.07) is 5.69. The van der Waals surface area contributed by atoms with Crippen molar-refractivity contribution in [3.8, 4) is 17.0 Å². The standard InChI is InChI=1S/C19H22N4O3S/c1-23-15-9-12(7-8-16(15)26-10-17(23)24)14-11-27-19(21-14)22-18(25)20-13-5-3-2-4-6-13/h7-9,11,13H,2-6,10H2,1H3,(H2,20,21,22,25). The van der Waals surface area contributed by atoms with Gasteiger partial charge in [0.2, 0.25) is 0 Å². The van der Waals surface area contributed by atoms with E-state index in [9.17, 15) is 9.59 Å². The number of aromatic nitrogens is 1. The summed E-state index contributed by atoms with van der Waals surface area (Å²) in [5.74, 6) is 0.598. The minimum Gasteiger partial charge on any atom is -0.482 e. The summed E-state index contributed by atoms with van der Waals surface area (Å²) in [6.45, 7) is 0.0592. The van der Waals surface area contributed by atoms with Crippen molar-refractivity contribution in [1.29, 1.82) is 0 Å². The summed E-state index contributed by atoms with van der Waals surface area (Å²) in [6.07, 6.45) is 5.68. The second kappa shape index (κ2) is 7.56. The van der Waals surface area contributed by atoms with Gasteiger partial charge >= 0.3 is 6.03 Å². The molecule has 0 unspecified atom stereocenters. The van der Waals surface area contributed by atoms with Gasteiger partial charge in [0.15, 0.2) is 11.7 Å². The maximum absolute atomic E-state index is 12.2. The molecule has 142 valence electrons. The average Bonchev–Trinajstić information content (AvgIpc) is 3.13. The normalized spacial score (nSPS) is 17.2. The number of hydrogen-bond donors (Lipinski definition) is 2. The number of fused-ring (bicyclic) bond motifs is 1. The number of likely N-dealkylation sites (N-methyl/N-ethyl adjacent to an activating group) is 1. The Morgan fingerprint density at radius 1 is 1.30 bits per heavy atom. The van der Waals surface area contributed by atoms with Crippen LogP contribution in [0, 0.1) is 0 Å². The second-order valence-electron chi connectivity index (χ2n) is 6.90. The maximum atomic E-state index is 12.2. The van der Waals surface area contributed by atoms with Gasteiger partial charge < -0.3 is 15.0 Å². The number of thiazole rings is 1. The van der Waals surface area contributed by atoms with E-state index < -0.39 is 0 Å². The molecule has 0 radical (unpaired) electrons. The van der Waals surface area contributed by atoms with Crippen LogP contribution in [0.1, 0.15) is 32.1 Å². The number of hydrogen-bond acceptors (Lipinski definition) is 5. The number of nitrogens with one attached hydrogen (secondary N) is 2. The minimum atomic E-state index is -0.202. The number of anilines is 2. The predicted octanol–water partition coefficient (Wildman–Crippen LogP) is 3.62. The van der Waals surface area contributed by atoms with Gasteiger partial charge in [-0.25, -0.2) is 9.78 Å². The first-order valence-corrected chi connectivity index (χ1v) is 10.0. The monoisotopic (exact) mass is 386 g/mol. The van der Waals surface area contributed by atoms with E-state index in [0.29, 0.717) is 10.9 Å². The molecule has 1 saturated carbocycles. The summed E-state index contributed by atoms with van der Waals surface area (Å²) >= 11 is 1.38. The number of nitrogens with zero attached hydrogens (tertiary/aromatic N) is 2. The number of benzene rings is 1. The Hall–Kier alpha value is -2.61. The van der Waals surface area contributed by atoms with E-state index >= 15 is 0 Å². The van der Waals surface area contributed by atoms with Crippen molar-refractivity contribution >= 4 is 34.1 Å². The van der Waals surface area contributed by atoms with Crippen LogP contribution in [0.2, 0.25) is 0 Å². The van der Waals surface area contributed by atoms with Gasteiger partial charge in [0, 0.05) is 24.0 Å². The van der Waals surface area contributed by atoms with Crippen LogP contribution in [0.3, 0.4) is 0 Å². The van der Waals surface area contributed by atoms with Crippen molar-refractivity contribution in [3.05, 3.63) is 23.6 Å². The molecule has 3 amide bonds. The molecule has 2 heterocycles. The number of carbonyl (C=O) groups is 2. The zero-order valence-electron chi connectivity index (χ0n) is 15.2. The molecule has 0 bridgehead atoms. The topological polar surface area (TPSA) is 83.6 Å². The van der Waals surface area contributed by atoms with Crippen LogP contribution in [-0.2, 0) is 4.79 Å². The smallest absolute Gasteiger partial charge is 0.321 e. The molecule has 27 heavy (non-hydrogen) atoms. The summed E-state index contributed by atoms with van der Waals surface area (Å²) in [5.41, 5.74) is 2.35. The molecule has 1 fully saturated rings. The molecule has 7 nitrogen and oxygen atoms in total. The third kappa shape index (κ3) is 3.90. The molecule has 0 saturated heterocycles. The third-order valence-electron chi connectivity index (χ3n) is 5.01. The lowest BCUT2D eigenvalue weighted by Gasteiger charge is -2.26. The van der Waals surface area contributed by atoms with Crippen molar-refractivity contribution in [2.45, 2.75) is 38.1 Å². The average molecular weight is 386 g/mol. The lowest BCUT2D eigenvalue weighted by molar-refractivity contribution is -0.120. The zero-order chi connectivity index (χ0) is 18.8. The van der Waals surface area contributed by atoms with Gasteiger partial charge in [-0.15, -0.1) is 11.3 Å². The van der Waals surface area contributed by atoms with Crippen LogP contribution in [0.5, 0.6) is 5.75 Å². The summed E-state index contributed by atoms with van der Waals surface area (Å²) < 4.78 is 5.45. The molecule has 1 aliphatic carbocycles. The molecule has 0 atom stereocenters. The largest absolute Gasteiger partial charge is 0.482 e. The number of amides is 3. The van der Waals surface area contributed by atoms with Crippen molar-refractivity contribution in [1.82, 2.24) is 10.3 Å². The van der Waals surface area contributed by atoms with Gasteiger partial charge in [0.1, 0.15) is 5.75 Å². The van der Waals surface area contributed by atoms with Gasteiger partial charge in [-0.05, 0) is 31.0 Å². The quantitative estimate of drug-likeness (QED) is 0.844. The first kappa shape index (κ1) is 17.8. The van der Waals surface area contributed by atoms with Crippen molar-refractivity contribution < 1.29 is 14.3 Å². The lowest BCUT2D eigenvalue weighted by Crippen LogP contribution is -2.38. The number of carbonyl (C=O) groups excluding carboxylic acids is 2. The second-order valence-corrected chi connectivity index (χ2v) is 7.75. The lowest BCUT2D eigenvalue weighted by atomic mass is 9.96. The van der Waals surface area contributed by atoms with Gasteiger partial charge in [0.05, 0.1) is 11.4 Å². The summed E-state index contributed by atoms with van der Waals surface area (Å²) in [5, 5.41) is 8.29. The van der Waals surface area contributed by atoms with E-state index in [-0.39, 0.29) is 24.6 Å². The van der Waals surface area contributed by atoms with E-state index in [1.165, 1.54) is 30.6 Å². The molecule has 2 aromatic rings. The molecular weight excluding hydrogens is 364 g/mol. The van der Waals surface area contributed by atoms with Crippen molar-refractivity contribution in [3.63, 3.8) is 0 Å². The SMILES string of the molecule is CN1C(=O)COc2ccc(-c3csc(NC(=O)NC4CCCCC4)n3)cc21. The van der Waals surface area contributed by atoms with Gasteiger partial charge in [-0.1, -0.05) is 19.3 Å². The molecule has 0 spiro atoms. The first-order valence-electron chi connectivity index (χ1n) is 9.17. The molecule has 2 N–H and O–H groups in total. The van der Waals surface area contributed by atoms with Gasteiger partial charge in [-0.2, -0.15) is 0 Å². The highest BCUT2D eigenvalue weighted by atomic mass is 32.1. The Labute approximate surface area is 161 Å². The molecule has 1 aromatic heterocycles. The highest BCUT2D eigenvalue weighted by molar-refractivity contribution is 7.14. The number of ether oxygens (including phenoxy) is 1. The fourth-order valence-electron chi connectivity index (χ4n) is 3.46. The van der Waals surface area contributed by atoms with E-state index in [4.69, 9.17) is 4.74 Å². The van der Waals surface area contributed by atoms with Crippen LogP contribution in [0.4, 0.5) is 15.6 Å². The highest BCUT2D eigenvalue weighted by Crippen LogP contribution is 2.36. The Morgan fingerprint density at radius 3 is 2.93 bits per heavy atom. The Morgan fingerprint density at radius 2 is 2.11 bits per heavy atom. The van der Waals surface area contributed by atoms with E-state index in [1.807, 2.05) is 23.6 Å². The van der Waals surface area contributed by atoms with E-state index in [2.05, 4.69) is 15.6 Å². The van der Waals surface area contributed by atoms with Crippen LogP contribution in [0.15, 0.2) is 23.6 Å².